The van der Waals surface area contributed by atoms with E-state index in [1.165, 1.54) is 0 Å². The molecule has 1 aromatic carbocycles. The summed E-state index contributed by atoms with van der Waals surface area (Å²) in [6.45, 7) is 4.47. The zero-order valence-electron chi connectivity index (χ0n) is 10.7. The van der Waals surface area contributed by atoms with Crippen LogP contribution in [0, 0.1) is 0 Å². The number of benzene rings is 1. The predicted octanol–water partition coefficient (Wildman–Crippen LogP) is 3.72. The van der Waals surface area contributed by atoms with Crippen molar-refractivity contribution in [2.45, 2.75) is 32.2 Å². The lowest BCUT2D eigenvalue weighted by atomic mass is 10.1. The molecule has 0 saturated carbocycles. The first-order valence-electron chi connectivity index (χ1n) is 6.56. The lowest BCUT2D eigenvalue weighted by Crippen LogP contribution is -2.28. The Morgan fingerprint density at radius 1 is 1.39 bits per heavy atom. The molecule has 1 heterocycles. The van der Waals surface area contributed by atoms with Crippen LogP contribution >= 0.6 is 11.6 Å². The van der Waals surface area contributed by atoms with Crippen LogP contribution in [-0.2, 0) is 4.74 Å². The first-order valence-corrected chi connectivity index (χ1v) is 6.94. The van der Waals surface area contributed by atoms with Crippen molar-refractivity contribution in [3.05, 3.63) is 23.2 Å². The van der Waals surface area contributed by atoms with Crippen molar-refractivity contribution in [3.63, 3.8) is 0 Å². The summed E-state index contributed by atoms with van der Waals surface area (Å²) in [5, 5.41) is 4.24. The third-order valence-electron chi connectivity index (χ3n) is 2.98. The van der Waals surface area contributed by atoms with Crippen molar-refractivity contribution in [3.8, 4) is 5.75 Å². The molecular weight excluding hydrogens is 250 g/mol. The van der Waals surface area contributed by atoms with Crippen LogP contribution in [-0.4, -0.2) is 25.9 Å². The van der Waals surface area contributed by atoms with Crippen molar-refractivity contribution in [1.29, 1.82) is 0 Å². The highest BCUT2D eigenvalue weighted by molar-refractivity contribution is 6.30. The number of hydrogen-bond acceptors (Lipinski definition) is 3. The summed E-state index contributed by atoms with van der Waals surface area (Å²) in [5.74, 6) is 0.882. The van der Waals surface area contributed by atoms with E-state index in [4.69, 9.17) is 21.1 Å². The maximum atomic E-state index is 6.05. The number of nitrogens with one attached hydrogen (secondary N) is 1. The van der Waals surface area contributed by atoms with E-state index in [0.29, 0.717) is 6.04 Å². The Morgan fingerprint density at radius 3 is 2.89 bits per heavy atom. The summed E-state index contributed by atoms with van der Waals surface area (Å²) in [6.07, 6.45) is 3.05. The van der Waals surface area contributed by atoms with E-state index in [-0.39, 0.29) is 0 Å². The molecular formula is C14H20ClNO2. The average Bonchev–Trinajstić information content (AvgIpc) is 2.39. The lowest BCUT2D eigenvalue weighted by Gasteiger charge is -2.25. The number of anilines is 1. The minimum atomic E-state index is 0.446. The fourth-order valence-electron chi connectivity index (χ4n) is 2.01. The zero-order valence-corrected chi connectivity index (χ0v) is 11.5. The SMILES string of the molecule is CCCOc1ccc(Cl)cc1NC1CCOCC1. The van der Waals surface area contributed by atoms with Gasteiger partial charge in [-0.15, -0.1) is 0 Å². The van der Waals surface area contributed by atoms with E-state index >= 15 is 0 Å². The van der Waals surface area contributed by atoms with Crippen LogP contribution < -0.4 is 10.1 Å². The summed E-state index contributed by atoms with van der Waals surface area (Å²) in [7, 11) is 0. The van der Waals surface area contributed by atoms with E-state index < -0.39 is 0 Å². The Morgan fingerprint density at radius 2 is 2.17 bits per heavy atom. The molecule has 3 nitrogen and oxygen atoms in total. The van der Waals surface area contributed by atoms with Gasteiger partial charge in [-0.1, -0.05) is 18.5 Å². The second-order valence-corrected chi connectivity index (χ2v) is 4.96. The second-order valence-electron chi connectivity index (χ2n) is 4.52. The van der Waals surface area contributed by atoms with Gasteiger partial charge in [0.05, 0.1) is 12.3 Å². The summed E-state index contributed by atoms with van der Waals surface area (Å²) < 4.78 is 11.1. The maximum Gasteiger partial charge on any atom is 0.142 e. The second kappa shape index (κ2) is 6.86. The number of halogens is 1. The summed E-state index contributed by atoms with van der Waals surface area (Å²) >= 11 is 6.05. The molecule has 0 aromatic heterocycles. The van der Waals surface area contributed by atoms with Crippen molar-refractivity contribution in [1.82, 2.24) is 0 Å². The van der Waals surface area contributed by atoms with E-state index in [0.717, 1.165) is 55.5 Å². The molecule has 0 aliphatic carbocycles. The lowest BCUT2D eigenvalue weighted by molar-refractivity contribution is 0.0904. The molecule has 0 amide bonds. The Balaban J connectivity index is 2.05. The molecule has 1 N–H and O–H groups in total. The fourth-order valence-corrected chi connectivity index (χ4v) is 2.19. The van der Waals surface area contributed by atoms with Gasteiger partial charge in [-0.25, -0.2) is 0 Å². The standard InChI is InChI=1S/C14H20ClNO2/c1-2-7-18-14-4-3-11(15)10-13(14)16-12-5-8-17-9-6-12/h3-4,10,12,16H,2,5-9H2,1H3. The minimum Gasteiger partial charge on any atom is -0.491 e. The van der Waals surface area contributed by atoms with Crippen LogP contribution in [0.3, 0.4) is 0 Å². The van der Waals surface area contributed by atoms with Crippen molar-refractivity contribution in [2.24, 2.45) is 0 Å². The van der Waals surface area contributed by atoms with Gasteiger partial charge in [-0.3, -0.25) is 0 Å². The highest BCUT2D eigenvalue weighted by Gasteiger charge is 2.15. The molecule has 1 fully saturated rings. The minimum absolute atomic E-state index is 0.446. The van der Waals surface area contributed by atoms with Crippen molar-refractivity contribution < 1.29 is 9.47 Å². The summed E-state index contributed by atoms with van der Waals surface area (Å²) in [6, 6.07) is 6.17. The van der Waals surface area contributed by atoms with Gasteiger partial charge in [0.15, 0.2) is 0 Å². The highest BCUT2D eigenvalue weighted by atomic mass is 35.5. The molecule has 1 aromatic rings. The van der Waals surface area contributed by atoms with Gasteiger partial charge in [0.25, 0.3) is 0 Å². The van der Waals surface area contributed by atoms with E-state index in [2.05, 4.69) is 12.2 Å². The number of rotatable bonds is 5. The van der Waals surface area contributed by atoms with E-state index in [1.807, 2.05) is 18.2 Å². The summed E-state index contributed by atoms with van der Waals surface area (Å²) in [4.78, 5) is 0. The first kappa shape index (κ1) is 13.5. The molecule has 1 saturated heterocycles. The molecule has 4 heteroatoms. The van der Waals surface area contributed by atoms with Crippen molar-refractivity contribution >= 4 is 17.3 Å². The van der Waals surface area contributed by atoms with Crippen LogP contribution in [0.2, 0.25) is 5.02 Å². The molecule has 1 aliphatic heterocycles. The van der Waals surface area contributed by atoms with Gasteiger partial charge in [-0.05, 0) is 37.5 Å². The van der Waals surface area contributed by atoms with Crippen LogP contribution in [0.25, 0.3) is 0 Å². The Bertz CT molecular complexity index is 378. The Labute approximate surface area is 113 Å². The van der Waals surface area contributed by atoms with E-state index in [9.17, 15) is 0 Å². The van der Waals surface area contributed by atoms with Gasteiger partial charge in [0.2, 0.25) is 0 Å². The first-order chi connectivity index (χ1) is 8.79. The van der Waals surface area contributed by atoms with Gasteiger partial charge in [0, 0.05) is 24.3 Å². The van der Waals surface area contributed by atoms with Crippen molar-refractivity contribution in [2.75, 3.05) is 25.1 Å². The summed E-state index contributed by atoms with van der Waals surface area (Å²) in [5.41, 5.74) is 0.989. The molecule has 0 bridgehead atoms. The molecule has 18 heavy (non-hydrogen) atoms. The predicted molar refractivity (Wildman–Crippen MR) is 74.7 cm³/mol. The van der Waals surface area contributed by atoms with Crippen LogP contribution in [0.5, 0.6) is 5.75 Å². The quantitative estimate of drug-likeness (QED) is 0.884. The molecule has 0 radical (unpaired) electrons. The van der Waals surface area contributed by atoms with E-state index in [1.54, 1.807) is 0 Å². The van der Waals surface area contributed by atoms with Crippen LogP contribution in [0.4, 0.5) is 5.69 Å². The third kappa shape index (κ3) is 3.79. The zero-order chi connectivity index (χ0) is 12.8. The highest BCUT2D eigenvalue weighted by Crippen LogP contribution is 2.30. The number of hydrogen-bond donors (Lipinski definition) is 1. The van der Waals surface area contributed by atoms with Gasteiger partial charge in [-0.2, -0.15) is 0 Å². The Hall–Kier alpha value is -0.930. The van der Waals surface area contributed by atoms with Crippen LogP contribution in [0.15, 0.2) is 18.2 Å². The fraction of sp³-hybridized carbons (Fsp3) is 0.571. The normalized spacial score (nSPS) is 16.6. The number of ether oxygens (including phenoxy) is 2. The maximum absolute atomic E-state index is 6.05. The average molecular weight is 270 g/mol. The Kier molecular flexibility index (Phi) is 5.14. The molecule has 0 spiro atoms. The molecule has 0 atom stereocenters. The largest absolute Gasteiger partial charge is 0.491 e. The third-order valence-corrected chi connectivity index (χ3v) is 3.22. The van der Waals surface area contributed by atoms with Gasteiger partial charge < -0.3 is 14.8 Å². The van der Waals surface area contributed by atoms with Gasteiger partial charge >= 0.3 is 0 Å². The van der Waals surface area contributed by atoms with Gasteiger partial charge in [0.1, 0.15) is 5.75 Å². The molecule has 2 rings (SSSR count). The molecule has 0 unspecified atom stereocenters. The topological polar surface area (TPSA) is 30.5 Å². The smallest absolute Gasteiger partial charge is 0.142 e. The van der Waals surface area contributed by atoms with Crippen LogP contribution in [0.1, 0.15) is 26.2 Å². The monoisotopic (exact) mass is 269 g/mol. The molecule has 100 valence electrons. The molecule has 1 aliphatic rings.